The summed E-state index contributed by atoms with van der Waals surface area (Å²) in [7, 11) is 0. The van der Waals surface area contributed by atoms with E-state index in [1.807, 2.05) is 24.3 Å². The number of nitrogens with one attached hydrogen (secondary N) is 1. The van der Waals surface area contributed by atoms with Crippen LogP contribution < -0.4 is 10.1 Å². The van der Waals surface area contributed by atoms with Gasteiger partial charge in [0.15, 0.2) is 0 Å². The molecule has 5 heteroatoms. The van der Waals surface area contributed by atoms with Crippen molar-refractivity contribution in [1.29, 1.82) is 0 Å². The van der Waals surface area contributed by atoms with Crippen molar-refractivity contribution in [3.8, 4) is 5.75 Å². The van der Waals surface area contributed by atoms with Crippen molar-refractivity contribution in [3.63, 3.8) is 0 Å². The standard InChI is InChI=1S/C25H32ClN3O/c1-18-6-11-23-25(19(18)2)29(16-4-3-5-20-12-14-27-15-13-20)24(28-23)17-30-22-9-7-21(26)8-10-22/h6-11,20,27H,3-5,12-17H2,1-2H3. The van der Waals surface area contributed by atoms with E-state index in [-0.39, 0.29) is 0 Å². The van der Waals surface area contributed by atoms with E-state index >= 15 is 0 Å². The van der Waals surface area contributed by atoms with Gasteiger partial charge >= 0.3 is 0 Å². The van der Waals surface area contributed by atoms with Crippen molar-refractivity contribution >= 4 is 22.6 Å². The molecule has 0 spiro atoms. The minimum atomic E-state index is 0.461. The molecule has 0 saturated carbocycles. The largest absolute Gasteiger partial charge is 0.486 e. The van der Waals surface area contributed by atoms with Crippen LogP contribution in [0, 0.1) is 19.8 Å². The molecular weight excluding hydrogens is 394 g/mol. The number of imidazole rings is 1. The lowest BCUT2D eigenvalue weighted by atomic mass is 9.92. The molecule has 1 fully saturated rings. The zero-order valence-corrected chi connectivity index (χ0v) is 18.8. The molecule has 30 heavy (non-hydrogen) atoms. The third-order valence-corrected chi connectivity index (χ3v) is 6.65. The van der Waals surface area contributed by atoms with E-state index in [0.29, 0.717) is 6.61 Å². The van der Waals surface area contributed by atoms with Crippen LogP contribution in [0.5, 0.6) is 5.75 Å². The van der Waals surface area contributed by atoms with Crippen molar-refractivity contribution in [2.45, 2.75) is 59.1 Å². The lowest BCUT2D eigenvalue weighted by Gasteiger charge is -2.22. The predicted octanol–water partition coefficient (Wildman–Crippen LogP) is 6.06. The summed E-state index contributed by atoms with van der Waals surface area (Å²) in [5, 5.41) is 4.18. The van der Waals surface area contributed by atoms with Crippen molar-refractivity contribution in [1.82, 2.24) is 14.9 Å². The van der Waals surface area contributed by atoms with Crippen LogP contribution in [-0.2, 0) is 13.2 Å². The maximum absolute atomic E-state index is 6.04. The van der Waals surface area contributed by atoms with Gasteiger partial charge in [0.05, 0.1) is 11.0 Å². The Bertz CT molecular complexity index is 974. The van der Waals surface area contributed by atoms with Crippen LogP contribution in [-0.4, -0.2) is 22.6 Å². The third kappa shape index (κ3) is 4.98. The van der Waals surface area contributed by atoms with Gasteiger partial charge in [-0.25, -0.2) is 4.98 Å². The van der Waals surface area contributed by atoms with Crippen LogP contribution in [0.25, 0.3) is 11.0 Å². The number of aromatic nitrogens is 2. The third-order valence-electron chi connectivity index (χ3n) is 6.40. The summed E-state index contributed by atoms with van der Waals surface area (Å²) >= 11 is 5.99. The smallest absolute Gasteiger partial charge is 0.148 e. The number of benzene rings is 2. The van der Waals surface area contributed by atoms with E-state index in [0.717, 1.165) is 34.6 Å². The minimum absolute atomic E-state index is 0.461. The molecule has 3 aromatic rings. The molecule has 2 heterocycles. The van der Waals surface area contributed by atoms with Crippen LogP contribution in [0.15, 0.2) is 36.4 Å². The topological polar surface area (TPSA) is 39.1 Å². The molecule has 160 valence electrons. The monoisotopic (exact) mass is 425 g/mol. The Morgan fingerprint density at radius 1 is 1.07 bits per heavy atom. The molecule has 0 bridgehead atoms. The first-order valence-corrected chi connectivity index (χ1v) is 11.5. The summed E-state index contributed by atoms with van der Waals surface area (Å²) in [6.45, 7) is 8.19. The van der Waals surface area contributed by atoms with E-state index < -0.39 is 0 Å². The normalized spacial score (nSPS) is 15.0. The lowest BCUT2D eigenvalue weighted by Crippen LogP contribution is -2.27. The SMILES string of the molecule is Cc1ccc2nc(COc3ccc(Cl)cc3)n(CCCCC3CCNCC3)c2c1C. The quantitative estimate of drug-likeness (QED) is 0.446. The summed E-state index contributed by atoms with van der Waals surface area (Å²) < 4.78 is 8.42. The Hall–Kier alpha value is -2.04. The summed E-state index contributed by atoms with van der Waals surface area (Å²) in [4.78, 5) is 4.92. The van der Waals surface area contributed by atoms with Gasteiger partial charge in [-0.2, -0.15) is 0 Å². The Labute approximate surface area is 184 Å². The van der Waals surface area contributed by atoms with E-state index in [4.69, 9.17) is 21.3 Å². The fraction of sp³-hybridized carbons (Fsp3) is 0.480. The second-order valence-electron chi connectivity index (χ2n) is 8.49. The van der Waals surface area contributed by atoms with Gasteiger partial charge in [-0.3, -0.25) is 0 Å². The van der Waals surface area contributed by atoms with Gasteiger partial charge in [0.2, 0.25) is 0 Å². The van der Waals surface area contributed by atoms with Gasteiger partial charge in [-0.1, -0.05) is 30.5 Å². The van der Waals surface area contributed by atoms with Crippen LogP contribution in [0.3, 0.4) is 0 Å². The first-order chi connectivity index (χ1) is 14.6. The van der Waals surface area contributed by atoms with E-state index in [1.165, 1.54) is 61.8 Å². The predicted molar refractivity (Wildman–Crippen MR) is 124 cm³/mol. The van der Waals surface area contributed by atoms with Crippen molar-refractivity contribution in [2.24, 2.45) is 5.92 Å². The second-order valence-corrected chi connectivity index (χ2v) is 8.92. The molecule has 1 saturated heterocycles. The molecule has 4 rings (SSSR count). The maximum Gasteiger partial charge on any atom is 0.148 e. The number of piperidine rings is 1. The Morgan fingerprint density at radius 2 is 1.83 bits per heavy atom. The number of ether oxygens (including phenoxy) is 1. The molecule has 0 aliphatic carbocycles. The Kier molecular flexibility index (Phi) is 6.96. The van der Waals surface area contributed by atoms with Crippen LogP contribution in [0.2, 0.25) is 5.02 Å². The number of nitrogens with zero attached hydrogens (tertiary/aromatic N) is 2. The number of unbranched alkanes of at least 4 members (excludes halogenated alkanes) is 1. The number of aryl methyl sites for hydroxylation is 3. The summed E-state index contributed by atoms with van der Waals surface area (Å²) in [5.74, 6) is 2.70. The van der Waals surface area contributed by atoms with E-state index in [1.54, 1.807) is 0 Å². The average molecular weight is 426 g/mol. The second kappa shape index (κ2) is 9.84. The molecule has 0 atom stereocenters. The summed E-state index contributed by atoms with van der Waals surface area (Å²) in [6.07, 6.45) is 6.44. The maximum atomic E-state index is 6.04. The number of hydrogen-bond acceptors (Lipinski definition) is 3. The molecule has 4 nitrogen and oxygen atoms in total. The van der Waals surface area contributed by atoms with E-state index in [9.17, 15) is 0 Å². The van der Waals surface area contributed by atoms with Crippen molar-refractivity contribution < 1.29 is 4.74 Å². The van der Waals surface area contributed by atoms with Gasteiger partial charge in [0, 0.05) is 11.6 Å². The lowest BCUT2D eigenvalue weighted by molar-refractivity contribution is 0.288. The van der Waals surface area contributed by atoms with Crippen molar-refractivity contribution in [2.75, 3.05) is 13.1 Å². The molecule has 1 aliphatic rings. The highest BCUT2D eigenvalue weighted by molar-refractivity contribution is 6.30. The first-order valence-electron chi connectivity index (χ1n) is 11.2. The summed E-state index contributed by atoms with van der Waals surface area (Å²) in [6, 6.07) is 11.8. The minimum Gasteiger partial charge on any atom is -0.486 e. The number of hydrogen-bond donors (Lipinski definition) is 1. The van der Waals surface area contributed by atoms with Gasteiger partial charge in [-0.15, -0.1) is 0 Å². The van der Waals surface area contributed by atoms with Crippen LogP contribution in [0.1, 0.15) is 49.1 Å². The molecule has 0 amide bonds. The highest BCUT2D eigenvalue weighted by Crippen LogP contribution is 2.26. The molecule has 1 N–H and O–H groups in total. The fourth-order valence-corrected chi connectivity index (χ4v) is 4.58. The Morgan fingerprint density at radius 3 is 2.60 bits per heavy atom. The molecule has 0 radical (unpaired) electrons. The number of halogens is 1. The zero-order chi connectivity index (χ0) is 20.9. The highest BCUT2D eigenvalue weighted by Gasteiger charge is 2.16. The first kappa shape index (κ1) is 21.2. The van der Waals surface area contributed by atoms with Gasteiger partial charge in [0.1, 0.15) is 18.2 Å². The van der Waals surface area contributed by atoms with Gasteiger partial charge in [-0.05, 0) is 93.6 Å². The Balaban J connectivity index is 1.48. The van der Waals surface area contributed by atoms with Crippen LogP contribution >= 0.6 is 11.6 Å². The molecule has 0 unspecified atom stereocenters. The molecule has 1 aliphatic heterocycles. The van der Waals surface area contributed by atoms with Gasteiger partial charge < -0.3 is 14.6 Å². The van der Waals surface area contributed by atoms with Crippen molar-refractivity contribution in [3.05, 3.63) is 58.4 Å². The van der Waals surface area contributed by atoms with E-state index in [2.05, 4.69) is 35.9 Å². The number of fused-ring (bicyclic) bond motifs is 1. The van der Waals surface area contributed by atoms with Gasteiger partial charge in [0.25, 0.3) is 0 Å². The number of rotatable bonds is 8. The zero-order valence-electron chi connectivity index (χ0n) is 18.1. The summed E-state index contributed by atoms with van der Waals surface area (Å²) in [5.41, 5.74) is 4.94. The fourth-order valence-electron chi connectivity index (χ4n) is 4.45. The highest BCUT2D eigenvalue weighted by atomic mass is 35.5. The average Bonchev–Trinajstić information content (AvgIpc) is 3.12. The molecular formula is C25H32ClN3O. The molecule has 2 aromatic carbocycles. The van der Waals surface area contributed by atoms with Crippen LogP contribution in [0.4, 0.5) is 0 Å². The molecule has 1 aromatic heterocycles.